The van der Waals surface area contributed by atoms with Crippen molar-refractivity contribution in [1.29, 1.82) is 5.26 Å². The van der Waals surface area contributed by atoms with E-state index in [1.165, 1.54) is 12.1 Å². The summed E-state index contributed by atoms with van der Waals surface area (Å²) >= 11 is 0. The van der Waals surface area contributed by atoms with Gasteiger partial charge in [0.2, 0.25) is 0 Å². The van der Waals surface area contributed by atoms with Gasteiger partial charge in [0.15, 0.2) is 0 Å². The van der Waals surface area contributed by atoms with E-state index < -0.39 is 21.3 Å². The van der Waals surface area contributed by atoms with Crippen LogP contribution in [0, 0.1) is 11.3 Å². The molecule has 1 amide bonds. The lowest BCUT2D eigenvalue weighted by atomic mass is 10.0. The number of nitriles is 1. The van der Waals surface area contributed by atoms with Crippen molar-refractivity contribution < 1.29 is 18.0 Å². The van der Waals surface area contributed by atoms with Gasteiger partial charge in [-0.2, -0.15) is 18.4 Å². The van der Waals surface area contributed by atoms with Crippen LogP contribution < -0.4 is 10.6 Å². The molecule has 1 aromatic carbocycles. The number of anilines is 1. The minimum Gasteiger partial charge on any atom is -0.382 e. The van der Waals surface area contributed by atoms with E-state index in [0.29, 0.717) is 11.3 Å². The third kappa shape index (κ3) is 4.94. The molecule has 1 aliphatic rings. The average molecular weight is 458 g/mol. The zero-order chi connectivity index (χ0) is 22.7. The SMILES string of the molecule is N#Cc1ccc(N[C@H]2CC[SiH2][C@@H](NC(=O)c3ccc4nccn4c3)CC2)cc1C(F)(F)F. The number of rotatable bonds is 4. The van der Waals surface area contributed by atoms with Gasteiger partial charge < -0.3 is 15.0 Å². The lowest BCUT2D eigenvalue weighted by molar-refractivity contribution is -0.137. The number of pyridine rings is 1. The summed E-state index contributed by atoms with van der Waals surface area (Å²) in [5.74, 6) is -0.119. The minimum atomic E-state index is -4.58. The molecule has 166 valence electrons. The summed E-state index contributed by atoms with van der Waals surface area (Å²) < 4.78 is 41.5. The standard InChI is InChI=1S/C22H22F3N5OSi/c23-22(24,25)18-11-17(3-1-14(18)12-26)28-16-4-6-20(32-10-7-16)29-21(31)15-2-5-19-27-8-9-30(19)13-15/h1-3,5,8-9,11,13,16,20,28H,4,6-7,10,32H2,(H,29,31)/t16-,20-/m1/s1. The molecule has 0 saturated carbocycles. The zero-order valence-corrected chi connectivity index (χ0v) is 18.6. The first-order valence-corrected chi connectivity index (χ1v) is 12.3. The summed E-state index contributed by atoms with van der Waals surface area (Å²) in [4.78, 5) is 16.9. The number of nitrogens with one attached hydrogen (secondary N) is 2. The summed E-state index contributed by atoms with van der Waals surface area (Å²) in [5.41, 5.74) is 0.538. The highest BCUT2D eigenvalue weighted by Crippen LogP contribution is 2.34. The molecule has 0 aliphatic carbocycles. The van der Waals surface area contributed by atoms with Crippen LogP contribution in [0.4, 0.5) is 18.9 Å². The molecule has 6 nitrogen and oxygen atoms in total. The van der Waals surface area contributed by atoms with Gasteiger partial charge in [-0.3, -0.25) is 4.79 Å². The monoisotopic (exact) mass is 457 g/mol. The van der Waals surface area contributed by atoms with Crippen molar-refractivity contribution in [3.05, 3.63) is 65.6 Å². The fourth-order valence-corrected chi connectivity index (χ4v) is 6.19. The van der Waals surface area contributed by atoms with E-state index in [-0.39, 0.29) is 23.2 Å². The molecule has 2 aromatic heterocycles. The number of nitrogens with zero attached hydrogens (tertiary/aromatic N) is 3. The number of halogens is 3. The third-order valence-corrected chi connectivity index (χ3v) is 7.90. The highest BCUT2D eigenvalue weighted by atomic mass is 28.2. The van der Waals surface area contributed by atoms with Gasteiger partial charge in [-0.05, 0) is 49.6 Å². The summed E-state index contributed by atoms with van der Waals surface area (Å²) in [5, 5.41) is 15.3. The van der Waals surface area contributed by atoms with E-state index in [1.54, 1.807) is 41.2 Å². The Morgan fingerprint density at radius 3 is 2.84 bits per heavy atom. The van der Waals surface area contributed by atoms with Crippen LogP contribution >= 0.6 is 0 Å². The first-order chi connectivity index (χ1) is 15.3. The molecular formula is C22H22F3N5OSi. The number of hydrogen-bond donors (Lipinski definition) is 2. The molecule has 3 aromatic rings. The molecule has 4 rings (SSSR count). The zero-order valence-electron chi connectivity index (χ0n) is 17.2. The maximum absolute atomic E-state index is 13.2. The number of hydrogen-bond acceptors (Lipinski definition) is 4. The van der Waals surface area contributed by atoms with Gasteiger partial charge in [-0.25, -0.2) is 4.98 Å². The maximum Gasteiger partial charge on any atom is 0.417 e. The summed E-state index contributed by atoms with van der Waals surface area (Å²) in [6, 6.07) is 9.89. The Labute approximate surface area is 185 Å². The highest BCUT2D eigenvalue weighted by Gasteiger charge is 2.34. The number of aromatic nitrogens is 2. The van der Waals surface area contributed by atoms with Crippen LogP contribution in [-0.2, 0) is 6.18 Å². The van der Waals surface area contributed by atoms with E-state index >= 15 is 0 Å². The van der Waals surface area contributed by atoms with Crippen LogP contribution in [-0.4, -0.2) is 36.5 Å². The van der Waals surface area contributed by atoms with E-state index in [1.807, 2.05) is 0 Å². The lowest BCUT2D eigenvalue weighted by Gasteiger charge is -2.20. The van der Waals surface area contributed by atoms with Crippen LogP contribution in [0.1, 0.15) is 40.7 Å². The quantitative estimate of drug-likeness (QED) is 0.588. The second-order valence-electron chi connectivity index (χ2n) is 8.00. The van der Waals surface area contributed by atoms with Gasteiger partial charge in [0, 0.05) is 45.5 Å². The molecule has 0 unspecified atom stereocenters. The van der Waals surface area contributed by atoms with Gasteiger partial charge in [-0.1, -0.05) is 6.04 Å². The van der Waals surface area contributed by atoms with Gasteiger partial charge in [0.1, 0.15) is 5.65 Å². The third-order valence-electron chi connectivity index (χ3n) is 5.77. The van der Waals surface area contributed by atoms with Crippen LogP contribution in [0.5, 0.6) is 0 Å². The first-order valence-electron chi connectivity index (χ1n) is 10.4. The molecule has 10 heteroatoms. The molecule has 1 aliphatic heterocycles. The molecule has 2 N–H and O–H groups in total. The number of benzene rings is 1. The van der Waals surface area contributed by atoms with E-state index in [2.05, 4.69) is 15.6 Å². The number of alkyl halides is 3. The summed E-state index contributed by atoms with van der Waals surface area (Å²) in [6.07, 6.45) is 3.02. The summed E-state index contributed by atoms with van der Waals surface area (Å²) in [6.45, 7) is 0. The molecule has 0 bridgehead atoms. The normalized spacial score (nSPS) is 19.9. The number of carbonyl (C=O) groups is 1. The predicted molar refractivity (Wildman–Crippen MR) is 117 cm³/mol. The molecule has 2 atom stereocenters. The van der Waals surface area contributed by atoms with Crippen molar-refractivity contribution in [1.82, 2.24) is 14.7 Å². The minimum absolute atomic E-state index is 0.0284. The van der Waals surface area contributed by atoms with Crippen LogP contribution in [0.15, 0.2) is 48.9 Å². The lowest BCUT2D eigenvalue weighted by Crippen LogP contribution is -2.38. The molecule has 1 fully saturated rings. The molecule has 0 radical (unpaired) electrons. The van der Waals surface area contributed by atoms with Crippen LogP contribution in [0.2, 0.25) is 6.04 Å². The van der Waals surface area contributed by atoms with Crippen molar-refractivity contribution in [2.24, 2.45) is 0 Å². The smallest absolute Gasteiger partial charge is 0.382 e. The van der Waals surface area contributed by atoms with Gasteiger partial charge in [-0.15, -0.1) is 0 Å². The molecular weight excluding hydrogens is 435 g/mol. The molecule has 1 saturated heterocycles. The van der Waals surface area contributed by atoms with E-state index in [4.69, 9.17) is 5.26 Å². The van der Waals surface area contributed by atoms with Crippen molar-refractivity contribution in [2.75, 3.05) is 5.32 Å². The second-order valence-corrected chi connectivity index (χ2v) is 10.3. The summed E-state index contributed by atoms with van der Waals surface area (Å²) in [7, 11) is -0.566. The first kappa shape index (κ1) is 21.9. The average Bonchev–Trinajstić information content (AvgIpc) is 3.13. The fraction of sp³-hybridized carbons (Fsp3) is 0.318. The molecule has 32 heavy (non-hydrogen) atoms. The van der Waals surface area contributed by atoms with Gasteiger partial charge in [0.25, 0.3) is 5.91 Å². The van der Waals surface area contributed by atoms with E-state index in [0.717, 1.165) is 37.0 Å². The highest BCUT2D eigenvalue weighted by molar-refractivity contribution is 6.38. The Balaban J connectivity index is 1.37. The van der Waals surface area contributed by atoms with Crippen LogP contribution in [0.25, 0.3) is 5.65 Å². The number of carbonyl (C=O) groups excluding carboxylic acids is 1. The van der Waals surface area contributed by atoms with Crippen molar-refractivity contribution in [2.45, 2.75) is 43.2 Å². The molecule has 3 heterocycles. The Kier molecular flexibility index (Phi) is 6.18. The largest absolute Gasteiger partial charge is 0.417 e. The van der Waals surface area contributed by atoms with Crippen molar-refractivity contribution >= 4 is 26.8 Å². The number of imidazole rings is 1. The maximum atomic E-state index is 13.2. The second kappa shape index (κ2) is 9.04. The Hall–Kier alpha value is -3.32. The van der Waals surface area contributed by atoms with E-state index in [9.17, 15) is 18.0 Å². The topological polar surface area (TPSA) is 82.2 Å². The van der Waals surface area contributed by atoms with Crippen molar-refractivity contribution in [3.8, 4) is 6.07 Å². The van der Waals surface area contributed by atoms with Gasteiger partial charge in [0.05, 0.1) is 22.8 Å². The Morgan fingerprint density at radius 2 is 2.06 bits per heavy atom. The van der Waals surface area contributed by atoms with Crippen LogP contribution in [0.3, 0.4) is 0 Å². The predicted octanol–water partition coefficient (Wildman–Crippen LogP) is 3.53. The van der Waals surface area contributed by atoms with Crippen molar-refractivity contribution in [3.63, 3.8) is 0 Å². The Bertz CT molecular complexity index is 1170. The Morgan fingerprint density at radius 1 is 1.22 bits per heavy atom. The number of fused-ring (bicyclic) bond motifs is 1. The fourth-order valence-electron chi connectivity index (χ4n) is 4.12. The number of amides is 1. The molecule has 0 spiro atoms. The van der Waals surface area contributed by atoms with Gasteiger partial charge >= 0.3 is 6.18 Å².